The van der Waals surface area contributed by atoms with Crippen molar-refractivity contribution in [3.05, 3.63) is 29.8 Å². The van der Waals surface area contributed by atoms with Gasteiger partial charge in [0.25, 0.3) is 0 Å². The van der Waals surface area contributed by atoms with Gasteiger partial charge in [-0.3, -0.25) is 9.36 Å². The molecule has 1 rings (SSSR count). The van der Waals surface area contributed by atoms with E-state index in [0.717, 1.165) is 0 Å². The minimum Gasteiger partial charge on any atom is -0.468 e. The van der Waals surface area contributed by atoms with Gasteiger partial charge in [0, 0.05) is 0 Å². The maximum atomic E-state index is 13.1. The summed E-state index contributed by atoms with van der Waals surface area (Å²) in [6.45, 7) is 4.91. The summed E-state index contributed by atoms with van der Waals surface area (Å²) in [5.74, 6) is -1.03. The zero-order valence-electron chi connectivity index (χ0n) is 13.9. The van der Waals surface area contributed by atoms with Crippen LogP contribution in [0.4, 0.5) is 0 Å². The molecule has 23 heavy (non-hydrogen) atoms. The van der Waals surface area contributed by atoms with Gasteiger partial charge in [-0.2, -0.15) is 0 Å². The molecule has 0 aliphatic carbocycles. The van der Waals surface area contributed by atoms with E-state index >= 15 is 0 Å². The Labute approximate surface area is 135 Å². The number of carbonyl (C=O) groups is 2. The van der Waals surface area contributed by atoms with Crippen LogP contribution in [0.2, 0.25) is 0 Å². The van der Waals surface area contributed by atoms with Crippen molar-refractivity contribution in [2.75, 3.05) is 14.2 Å². The summed E-state index contributed by atoms with van der Waals surface area (Å²) in [5.41, 5.74) is -0.274. The van der Waals surface area contributed by atoms with E-state index in [9.17, 15) is 14.2 Å². The first-order valence-corrected chi connectivity index (χ1v) is 8.76. The molecule has 0 amide bonds. The monoisotopic (exact) mass is 343 g/mol. The number of nitrogens with one attached hydrogen (secondary N) is 1. The molecule has 1 N–H and O–H groups in total. The third-order valence-corrected chi connectivity index (χ3v) is 5.71. The van der Waals surface area contributed by atoms with Gasteiger partial charge in [-0.25, -0.2) is 9.88 Å². The normalized spacial score (nSPS) is 14.7. The lowest BCUT2D eigenvalue weighted by atomic mass is 10.2. The first-order valence-electron chi connectivity index (χ1n) is 7.07. The van der Waals surface area contributed by atoms with E-state index in [-0.39, 0.29) is 11.3 Å². The van der Waals surface area contributed by atoms with Crippen LogP contribution in [0.15, 0.2) is 24.3 Å². The SMILES string of the molecule is COC(=O)c1ccccc1OP(=O)(N[C@@H](C)C(=O)OC)C(C)C. The average Bonchev–Trinajstić information content (AvgIpc) is 2.53. The molecule has 128 valence electrons. The lowest BCUT2D eigenvalue weighted by Crippen LogP contribution is -2.36. The standard InChI is InChI=1S/C15H22NO6P/c1-10(2)23(19,16-11(3)14(17)20-4)22-13-9-7-6-8-12(13)15(18)21-5/h6-11H,1-5H3,(H,16,19)/t11-,23?/m0/s1. The molecule has 0 aliphatic rings. The molecule has 0 heterocycles. The maximum absolute atomic E-state index is 13.1. The Morgan fingerprint density at radius 1 is 1.09 bits per heavy atom. The van der Waals surface area contributed by atoms with Gasteiger partial charge in [-0.05, 0) is 19.1 Å². The van der Waals surface area contributed by atoms with Crippen LogP contribution >= 0.6 is 7.52 Å². The Morgan fingerprint density at radius 3 is 2.22 bits per heavy atom. The van der Waals surface area contributed by atoms with E-state index in [1.165, 1.54) is 33.3 Å². The number of rotatable bonds is 7. The van der Waals surface area contributed by atoms with E-state index in [1.807, 2.05) is 0 Å². The van der Waals surface area contributed by atoms with Gasteiger partial charge in [-0.15, -0.1) is 0 Å². The molecule has 8 heteroatoms. The second kappa shape index (κ2) is 8.13. The highest BCUT2D eigenvalue weighted by Gasteiger charge is 2.34. The zero-order valence-corrected chi connectivity index (χ0v) is 14.8. The Bertz CT molecular complexity index is 616. The molecular weight excluding hydrogens is 321 g/mol. The summed E-state index contributed by atoms with van der Waals surface area (Å²) >= 11 is 0. The number of esters is 2. The smallest absolute Gasteiger partial charge is 0.341 e. The van der Waals surface area contributed by atoms with E-state index in [4.69, 9.17) is 4.52 Å². The van der Waals surface area contributed by atoms with Crippen LogP contribution in [-0.2, 0) is 18.8 Å². The van der Waals surface area contributed by atoms with Crippen molar-refractivity contribution >= 4 is 19.5 Å². The fraction of sp³-hybridized carbons (Fsp3) is 0.467. The molecule has 0 fully saturated rings. The molecule has 0 aliphatic heterocycles. The van der Waals surface area contributed by atoms with Crippen LogP contribution in [-0.4, -0.2) is 37.9 Å². The Kier molecular flexibility index (Phi) is 6.79. The topological polar surface area (TPSA) is 90.9 Å². The predicted molar refractivity (Wildman–Crippen MR) is 85.8 cm³/mol. The van der Waals surface area contributed by atoms with Crippen molar-refractivity contribution in [2.24, 2.45) is 0 Å². The van der Waals surface area contributed by atoms with Gasteiger partial charge in [-0.1, -0.05) is 26.0 Å². The summed E-state index contributed by atoms with van der Waals surface area (Å²) in [5, 5.41) is 2.68. The summed E-state index contributed by atoms with van der Waals surface area (Å²) in [6, 6.07) is 5.50. The molecule has 1 aromatic rings. The summed E-state index contributed by atoms with van der Waals surface area (Å²) in [4.78, 5) is 23.3. The predicted octanol–water partition coefficient (Wildman–Crippen LogP) is 2.60. The summed E-state index contributed by atoms with van der Waals surface area (Å²) in [7, 11) is -0.979. The number of hydrogen-bond donors (Lipinski definition) is 1. The zero-order chi connectivity index (χ0) is 17.6. The molecule has 0 saturated carbocycles. The van der Waals surface area contributed by atoms with Crippen LogP contribution in [0.25, 0.3) is 0 Å². The molecule has 0 spiro atoms. The van der Waals surface area contributed by atoms with Crippen molar-refractivity contribution in [1.82, 2.24) is 5.09 Å². The second-order valence-corrected chi connectivity index (χ2v) is 7.81. The maximum Gasteiger partial charge on any atom is 0.341 e. The number of methoxy groups -OCH3 is 2. The lowest BCUT2D eigenvalue weighted by molar-refractivity contribution is -0.142. The third-order valence-electron chi connectivity index (χ3n) is 3.13. The second-order valence-electron chi connectivity index (χ2n) is 5.14. The van der Waals surface area contributed by atoms with E-state index in [2.05, 4.69) is 14.6 Å². The molecule has 0 radical (unpaired) electrons. The van der Waals surface area contributed by atoms with E-state index < -0.39 is 31.2 Å². The van der Waals surface area contributed by atoms with Gasteiger partial charge in [0.2, 0.25) is 0 Å². The number of benzene rings is 1. The van der Waals surface area contributed by atoms with Crippen molar-refractivity contribution in [2.45, 2.75) is 32.5 Å². The highest BCUT2D eigenvalue weighted by atomic mass is 31.2. The minimum absolute atomic E-state index is 0.126. The largest absolute Gasteiger partial charge is 0.468 e. The molecule has 0 saturated heterocycles. The van der Waals surface area contributed by atoms with E-state index in [0.29, 0.717) is 0 Å². The summed E-state index contributed by atoms with van der Waals surface area (Å²) in [6.07, 6.45) is 0. The van der Waals surface area contributed by atoms with Gasteiger partial charge < -0.3 is 14.0 Å². The Hall–Kier alpha value is -1.85. The van der Waals surface area contributed by atoms with Gasteiger partial charge in [0.1, 0.15) is 17.4 Å². The number of hydrogen-bond acceptors (Lipinski definition) is 6. The Balaban J connectivity index is 3.12. The molecular formula is C15H22NO6P. The van der Waals surface area contributed by atoms with Crippen LogP contribution < -0.4 is 9.61 Å². The first-order chi connectivity index (χ1) is 10.7. The highest BCUT2D eigenvalue weighted by molar-refractivity contribution is 7.58. The molecule has 2 atom stereocenters. The van der Waals surface area contributed by atoms with Crippen LogP contribution in [0.3, 0.4) is 0 Å². The van der Waals surface area contributed by atoms with Gasteiger partial charge >= 0.3 is 19.5 Å². The van der Waals surface area contributed by atoms with Crippen LogP contribution in [0.1, 0.15) is 31.1 Å². The Morgan fingerprint density at radius 2 is 1.70 bits per heavy atom. The minimum atomic E-state index is -3.47. The number of carbonyl (C=O) groups excluding carboxylic acids is 2. The lowest BCUT2D eigenvalue weighted by Gasteiger charge is -2.26. The highest BCUT2D eigenvalue weighted by Crippen LogP contribution is 2.49. The van der Waals surface area contributed by atoms with Crippen molar-refractivity contribution in [3.63, 3.8) is 0 Å². The fourth-order valence-electron chi connectivity index (χ4n) is 1.75. The van der Waals surface area contributed by atoms with Crippen molar-refractivity contribution in [3.8, 4) is 5.75 Å². The summed E-state index contributed by atoms with van der Waals surface area (Å²) < 4.78 is 28.0. The van der Waals surface area contributed by atoms with Crippen molar-refractivity contribution < 1.29 is 28.2 Å². The first kappa shape index (κ1) is 19.2. The molecule has 7 nitrogen and oxygen atoms in total. The van der Waals surface area contributed by atoms with Crippen molar-refractivity contribution in [1.29, 1.82) is 0 Å². The number of para-hydroxylation sites is 1. The average molecular weight is 343 g/mol. The fourth-order valence-corrected chi connectivity index (χ4v) is 3.41. The van der Waals surface area contributed by atoms with Crippen LogP contribution in [0.5, 0.6) is 5.75 Å². The van der Waals surface area contributed by atoms with Gasteiger partial charge in [0.15, 0.2) is 0 Å². The molecule has 0 bridgehead atoms. The number of ether oxygens (including phenoxy) is 2. The van der Waals surface area contributed by atoms with Gasteiger partial charge in [0.05, 0.1) is 19.9 Å². The molecule has 0 aromatic heterocycles. The quantitative estimate of drug-likeness (QED) is 0.601. The van der Waals surface area contributed by atoms with Crippen LogP contribution in [0, 0.1) is 0 Å². The molecule has 1 aromatic carbocycles. The third kappa shape index (κ3) is 4.81. The molecule has 1 unspecified atom stereocenters. The van der Waals surface area contributed by atoms with E-state index in [1.54, 1.807) is 26.0 Å².